The minimum Gasteiger partial charge on any atom is -0.313 e. The Morgan fingerprint density at radius 2 is 2.00 bits per heavy atom. The molecule has 2 rings (SSSR count). The lowest BCUT2D eigenvalue weighted by Crippen LogP contribution is -2.26. The van der Waals surface area contributed by atoms with Crippen molar-refractivity contribution in [2.75, 3.05) is 6.54 Å². The van der Waals surface area contributed by atoms with Crippen LogP contribution in [0.2, 0.25) is 0 Å². The van der Waals surface area contributed by atoms with E-state index in [2.05, 4.69) is 19.2 Å². The van der Waals surface area contributed by atoms with Crippen LogP contribution in [0.1, 0.15) is 52.4 Å². The number of hydrogen-bond donors (Lipinski definition) is 1. The van der Waals surface area contributed by atoms with Gasteiger partial charge in [0.05, 0.1) is 0 Å². The molecule has 2 aliphatic carbocycles. The Hall–Kier alpha value is -0.0400. The van der Waals surface area contributed by atoms with E-state index in [-0.39, 0.29) is 0 Å². The van der Waals surface area contributed by atoms with Crippen molar-refractivity contribution in [2.24, 2.45) is 11.3 Å². The average Bonchev–Trinajstić information content (AvgIpc) is 2.96. The topological polar surface area (TPSA) is 12.0 Å². The van der Waals surface area contributed by atoms with Crippen LogP contribution >= 0.6 is 0 Å². The van der Waals surface area contributed by atoms with Crippen LogP contribution in [0, 0.1) is 11.3 Å². The first-order chi connectivity index (χ1) is 6.20. The summed E-state index contributed by atoms with van der Waals surface area (Å²) in [6.45, 7) is 5.99. The summed E-state index contributed by atoms with van der Waals surface area (Å²) in [5, 5.41) is 3.68. The van der Waals surface area contributed by atoms with Gasteiger partial charge in [0.2, 0.25) is 0 Å². The molecule has 1 nitrogen and oxygen atoms in total. The molecule has 0 aromatic rings. The molecule has 2 fully saturated rings. The van der Waals surface area contributed by atoms with Crippen LogP contribution in [0.25, 0.3) is 0 Å². The summed E-state index contributed by atoms with van der Waals surface area (Å²) in [5.74, 6) is 0.887. The van der Waals surface area contributed by atoms with Crippen molar-refractivity contribution in [3.63, 3.8) is 0 Å². The summed E-state index contributed by atoms with van der Waals surface area (Å²) in [7, 11) is 0. The van der Waals surface area contributed by atoms with Gasteiger partial charge in [0.1, 0.15) is 0 Å². The first-order valence-corrected chi connectivity index (χ1v) is 5.94. The second kappa shape index (κ2) is 3.61. The molecule has 0 radical (unpaired) electrons. The quantitative estimate of drug-likeness (QED) is 0.664. The lowest BCUT2D eigenvalue weighted by Gasteiger charge is -2.16. The molecule has 0 atom stereocenters. The molecule has 0 spiro atoms. The van der Waals surface area contributed by atoms with Crippen molar-refractivity contribution in [1.29, 1.82) is 0 Å². The smallest absolute Gasteiger partial charge is 0.00684 e. The third-order valence-corrected chi connectivity index (χ3v) is 3.55. The van der Waals surface area contributed by atoms with Crippen LogP contribution < -0.4 is 5.32 Å². The van der Waals surface area contributed by atoms with E-state index in [0.717, 1.165) is 17.4 Å². The molecule has 13 heavy (non-hydrogen) atoms. The molecule has 0 heterocycles. The molecule has 0 saturated heterocycles. The van der Waals surface area contributed by atoms with Gasteiger partial charge in [0.15, 0.2) is 0 Å². The van der Waals surface area contributed by atoms with Crippen molar-refractivity contribution in [3.8, 4) is 0 Å². The Morgan fingerprint density at radius 1 is 1.31 bits per heavy atom. The lowest BCUT2D eigenvalue weighted by molar-refractivity contribution is 0.381. The molecule has 0 unspecified atom stereocenters. The highest BCUT2D eigenvalue weighted by Gasteiger charge is 2.42. The standard InChI is InChI=1S/C12H23N/c1-10(2)5-6-12(7-8-12)9-13-11-3-4-11/h10-11,13H,3-9H2,1-2H3. The van der Waals surface area contributed by atoms with Gasteiger partial charge in [0, 0.05) is 12.6 Å². The largest absolute Gasteiger partial charge is 0.313 e. The maximum atomic E-state index is 3.68. The van der Waals surface area contributed by atoms with Gasteiger partial charge in [-0.15, -0.1) is 0 Å². The van der Waals surface area contributed by atoms with Crippen molar-refractivity contribution in [1.82, 2.24) is 5.32 Å². The van der Waals surface area contributed by atoms with Crippen LogP contribution in [0.3, 0.4) is 0 Å². The molecular formula is C12H23N. The third-order valence-electron chi connectivity index (χ3n) is 3.55. The number of rotatable bonds is 6. The Bertz CT molecular complexity index is 158. The zero-order chi connectivity index (χ0) is 9.31. The average molecular weight is 181 g/mol. The predicted octanol–water partition coefficient (Wildman–Crippen LogP) is 2.95. The molecule has 2 saturated carbocycles. The summed E-state index contributed by atoms with van der Waals surface area (Å²) < 4.78 is 0. The van der Waals surface area contributed by atoms with E-state index in [4.69, 9.17) is 0 Å². The van der Waals surface area contributed by atoms with Gasteiger partial charge < -0.3 is 5.32 Å². The van der Waals surface area contributed by atoms with E-state index in [1.54, 1.807) is 0 Å². The van der Waals surface area contributed by atoms with Crippen molar-refractivity contribution >= 4 is 0 Å². The highest BCUT2D eigenvalue weighted by atomic mass is 15.0. The van der Waals surface area contributed by atoms with E-state index in [1.165, 1.54) is 45.1 Å². The minimum absolute atomic E-state index is 0.743. The minimum atomic E-state index is 0.743. The zero-order valence-electron chi connectivity index (χ0n) is 9.10. The van der Waals surface area contributed by atoms with Crippen LogP contribution in [0.15, 0.2) is 0 Å². The molecule has 0 amide bonds. The van der Waals surface area contributed by atoms with E-state index in [1.807, 2.05) is 0 Å². The maximum Gasteiger partial charge on any atom is 0.00684 e. The predicted molar refractivity (Wildman–Crippen MR) is 56.8 cm³/mol. The summed E-state index contributed by atoms with van der Waals surface area (Å²) in [5.41, 5.74) is 0.743. The van der Waals surface area contributed by atoms with E-state index < -0.39 is 0 Å². The van der Waals surface area contributed by atoms with Crippen LogP contribution in [0.4, 0.5) is 0 Å². The Morgan fingerprint density at radius 3 is 2.46 bits per heavy atom. The van der Waals surface area contributed by atoms with Gasteiger partial charge in [-0.1, -0.05) is 20.3 Å². The molecule has 1 heteroatoms. The van der Waals surface area contributed by atoms with Gasteiger partial charge in [-0.3, -0.25) is 0 Å². The fourth-order valence-electron chi connectivity index (χ4n) is 1.94. The second-order valence-electron chi connectivity index (χ2n) is 5.59. The Labute approximate surface area is 82.3 Å². The van der Waals surface area contributed by atoms with Crippen LogP contribution in [-0.4, -0.2) is 12.6 Å². The SMILES string of the molecule is CC(C)CCC1(CNC2CC2)CC1. The summed E-state index contributed by atoms with van der Waals surface area (Å²) >= 11 is 0. The van der Waals surface area contributed by atoms with Crippen LogP contribution in [0.5, 0.6) is 0 Å². The molecule has 1 N–H and O–H groups in total. The van der Waals surface area contributed by atoms with Gasteiger partial charge in [0.25, 0.3) is 0 Å². The third kappa shape index (κ3) is 2.98. The molecule has 76 valence electrons. The van der Waals surface area contributed by atoms with E-state index in [9.17, 15) is 0 Å². The molecule has 0 aliphatic heterocycles. The van der Waals surface area contributed by atoms with E-state index in [0.29, 0.717) is 0 Å². The van der Waals surface area contributed by atoms with Gasteiger partial charge in [-0.2, -0.15) is 0 Å². The Kier molecular flexibility index (Phi) is 2.64. The monoisotopic (exact) mass is 181 g/mol. The normalized spacial score (nSPS) is 25.2. The Balaban J connectivity index is 1.63. The molecule has 0 aromatic carbocycles. The second-order valence-corrected chi connectivity index (χ2v) is 5.59. The number of hydrogen-bond acceptors (Lipinski definition) is 1. The van der Waals surface area contributed by atoms with Crippen molar-refractivity contribution in [3.05, 3.63) is 0 Å². The summed E-state index contributed by atoms with van der Waals surface area (Å²) in [6.07, 6.45) is 8.72. The van der Waals surface area contributed by atoms with Crippen LogP contribution in [-0.2, 0) is 0 Å². The first kappa shape index (κ1) is 9.51. The fraction of sp³-hybridized carbons (Fsp3) is 1.00. The first-order valence-electron chi connectivity index (χ1n) is 5.94. The van der Waals surface area contributed by atoms with Gasteiger partial charge in [-0.05, 0) is 43.4 Å². The molecular weight excluding hydrogens is 158 g/mol. The zero-order valence-corrected chi connectivity index (χ0v) is 9.10. The summed E-state index contributed by atoms with van der Waals surface area (Å²) in [6, 6.07) is 0.900. The van der Waals surface area contributed by atoms with Crippen molar-refractivity contribution in [2.45, 2.75) is 58.4 Å². The lowest BCUT2D eigenvalue weighted by atomic mass is 9.95. The van der Waals surface area contributed by atoms with Gasteiger partial charge in [-0.25, -0.2) is 0 Å². The summed E-state index contributed by atoms with van der Waals surface area (Å²) in [4.78, 5) is 0. The van der Waals surface area contributed by atoms with E-state index >= 15 is 0 Å². The molecule has 0 bridgehead atoms. The number of nitrogens with one attached hydrogen (secondary N) is 1. The van der Waals surface area contributed by atoms with Gasteiger partial charge >= 0.3 is 0 Å². The molecule has 2 aliphatic rings. The van der Waals surface area contributed by atoms with Crippen molar-refractivity contribution < 1.29 is 0 Å². The highest BCUT2D eigenvalue weighted by molar-refractivity contribution is 4.96. The highest BCUT2D eigenvalue weighted by Crippen LogP contribution is 2.49. The maximum absolute atomic E-state index is 3.68. The molecule has 0 aromatic heterocycles. The fourth-order valence-corrected chi connectivity index (χ4v) is 1.94.